The van der Waals surface area contributed by atoms with E-state index in [1.807, 2.05) is 27.7 Å². The van der Waals surface area contributed by atoms with Gasteiger partial charge >= 0.3 is 0 Å². The second-order valence-corrected chi connectivity index (χ2v) is 9.38. The fourth-order valence-corrected chi connectivity index (χ4v) is 5.03. The van der Waals surface area contributed by atoms with Crippen LogP contribution in [0, 0.1) is 11.8 Å². The second-order valence-electron chi connectivity index (χ2n) is 9.38. The Bertz CT molecular complexity index is 474. The summed E-state index contributed by atoms with van der Waals surface area (Å²) in [6.45, 7) is 7.91. The summed E-state index contributed by atoms with van der Waals surface area (Å²) >= 11 is 0. The number of aliphatic hydroxyl groups is 2. The van der Waals surface area contributed by atoms with Crippen molar-refractivity contribution >= 4 is 11.8 Å². The van der Waals surface area contributed by atoms with Crippen LogP contribution in [0.5, 0.6) is 0 Å². The minimum Gasteiger partial charge on any atom is -0.388 e. The molecule has 0 heterocycles. The Labute approximate surface area is 163 Å². The van der Waals surface area contributed by atoms with Crippen molar-refractivity contribution < 1.29 is 19.8 Å². The van der Waals surface area contributed by atoms with Crippen LogP contribution in [-0.4, -0.2) is 45.3 Å². The van der Waals surface area contributed by atoms with Crippen molar-refractivity contribution in [3.05, 3.63) is 0 Å². The van der Waals surface area contributed by atoms with E-state index in [1.165, 1.54) is 0 Å². The standard InChI is InChI=1S/C21H38N2O4/c1-14(2)18(20(26)9-5-6-10-20)22-16(24)13-17(25)23-19(15(3)4)21(27)11-7-8-12-21/h14-15,18-19,26-27H,5-13H2,1-4H3,(H,22,24)(H,23,25). The van der Waals surface area contributed by atoms with Crippen LogP contribution in [0.3, 0.4) is 0 Å². The van der Waals surface area contributed by atoms with Crippen molar-refractivity contribution in [2.45, 2.75) is 109 Å². The Kier molecular flexibility index (Phi) is 7.31. The molecule has 156 valence electrons. The van der Waals surface area contributed by atoms with Crippen LogP contribution in [0.2, 0.25) is 0 Å². The molecule has 2 aliphatic carbocycles. The van der Waals surface area contributed by atoms with Crippen molar-refractivity contribution in [2.24, 2.45) is 11.8 Å². The minimum atomic E-state index is -0.875. The summed E-state index contributed by atoms with van der Waals surface area (Å²) in [4.78, 5) is 24.9. The fourth-order valence-electron chi connectivity index (χ4n) is 5.03. The van der Waals surface area contributed by atoms with Gasteiger partial charge < -0.3 is 20.8 Å². The van der Waals surface area contributed by atoms with Gasteiger partial charge in [-0.3, -0.25) is 9.59 Å². The Morgan fingerprint density at radius 1 is 0.741 bits per heavy atom. The van der Waals surface area contributed by atoms with Crippen LogP contribution < -0.4 is 10.6 Å². The third-order valence-electron chi connectivity index (χ3n) is 6.38. The van der Waals surface area contributed by atoms with Gasteiger partial charge in [0.05, 0.1) is 23.3 Å². The van der Waals surface area contributed by atoms with Gasteiger partial charge in [0.2, 0.25) is 11.8 Å². The van der Waals surface area contributed by atoms with E-state index >= 15 is 0 Å². The van der Waals surface area contributed by atoms with Crippen molar-refractivity contribution in [2.75, 3.05) is 0 Å². The van der Waals surface area contributed by atoms with E-state index in [0.717, 1.165) is 25.7 Å². The summed E-state index contributed by atoms with van der Waals surface area (Å²) in [6, 6.07) is -0.694. The molecule has 2 rings (SSSR count). The number of rotatable bonds is 8. The average Bonchev–Trinajstić information content (AvgIpc) is 3.19. The first-order valence-electron chi connectivity index (χ1n) is 10.6. The molecule has 0 bridgehead atoms. The van der Waals surface area contributed by atoms with E-state index in [0.29, 0.717) is 25.7 Å². The molecular formula is C21H38N2O4. The summed E-state index contributed by atoms with van der Waals surface area (Å²) < 4.78 is 0. The maximum absolute atomic E-state index is 12.5. The lowest BCUT2D eigenvalue weighted by Crippen LogP contribution is -2.56. The summed E-state index contributed by atoms with van der Waals surface area (Å²) in [5.41, 5.74) is -1.75. The molecule has 4 N–H and O–H groups in total. The van der Waals surface area contributed by atoms with Gasteiger partial charge in [0.1, 0.15) is 6.42 Å². The number of carbonyl (C=O) groups is 2. The SMILES string of the molecule is CC(C)C(NC(=O)CC(=O)NC(C(C)C)C1(O)CCCC1)C1(O)CCCC1. The lowest BCUT2D eigenvalue weighted by atomic mass is 9.84. The van der Waals surface area contributed by atoms with Crippen molar-refractivity contribution in [3.63, 3.8) is 0 Å². The Morgan fingerprint density at radius 2 is 1.04 bits per heavy atom. The normalized spacial score (nSPS) is 23.4. The minimum absolute atomic E-state index is 0.0859. The van der Waals surface area contributed by atoms with Gasteiger partial charge in [-0.25, -0.2) is 0 Å². The van der Waals surface area contributed by atoms with Crippen molar-refractivity contribution in [1.29, 1.82) is 0 Å². The third kappa shape index (κ3) is 5.44. The molecule has 2 unspecified atom stereocenters. The zero-order valence-electron chi connectivity index (χ0n) is 17.4. The summed E-state index contributed by atoms with van der Waals surface area (Å²) in [5.74, 6) is -0.565. The number of amides is 2. The van der Waals surface area contributed by atoms with Gasteiger partial charge in [-0.1, -0.05) is 53.4 Å². The highest BCUT2D eigenvalue weighted by molar-refractivity contribution is 5.97. The molecule has 0 aromatic carbocycles. The first-order valence-corrected chi connectivity index (χ1v) is 10.6. The molecule has 2 saturated carbocycles. The number of carbonyl (C=O) groups excluding carboxylic acids is 2. The molecule has 0 radical (unpaired) electrons. The molecule has 2 fully saturated rings. The highest BCUT2D eigenvalue weighted by Gasteiger charge is 2.43. The predicted molar refractivity (Wildman–Crippen MR) is 105 cm³/mol. The maximum Gasteiger partial charge on any atom is 0.229 e. The smallest absolute Gasteiger partial charge is 0.229 e. The second kappa shape index (κ2) is 8.91. The van der Waals surface area contributed by atoms with Gasteiger partial charge in [-0.2, -0.15) is 0 Å². The van der Waals surface area contributed by atoms with Crippen molar-refractivity contribution in [1.82, 2.24) is 10.6 Å². The van der Waals surface area contributed by atoms with Crippen LogP contribution in [0.4, 0.5) is 0 Å². The lowest BCUT2D eigenvalue weighted by Gasteiger charge is -2.37. The molecular weight excluding hydrogens is 344 g/mol. The molecule has 6 heteroatoms. The topological polar surface area (TPSA) is 98.7 Å². The first kappa shape index (κ1) is 22.2. The highest BCUT2D eigenvalue weighted by Crippen LogP contribution is 2.36. The quantitative estimate of drug-likeness (QED) is 0.484. The maximum atomic E-state index is 12.5. The van der Waals surface area contributed by atoms with E-state index in [1.54, 1.807) is 0 Å². The van der Waals surface area contributed by atoms with E-state index < -0.39 is 11.2 Å². The average molecular weight is 383 g/mol. The van der Waals surface area contributed by atoms with Gasteiger partial charge in [0.25, 0.3) is 0 Å². The van der Waals surface area contributed by atoms with E-state index in [-0.39, 0.29) is 42.2 Å². The lowest BCUT2D eigenvalue weighted by molar-refractivity contribution is -0.133. The molecule has 0 saturated heterocycles. The van der Waals surface area contributed by atoms with Crippen molar-refractivity contribution in [3.8, 4) is 0 Å². The van der Waals surface area contributed by atoms with Crippen LogP contribution >= 0.6 is 0 Å². The molecule has 27 heavy (non-hydrogen) atoms. The Balaban J connectivity index is 1.94. The Morgan fingerprint density at radius 3 is 1.30 bits per heavy atom. The predicted octanol–water partition coefficient (Wildman–Crippen LogP) is 2.27. The summed E-state index contributed by atoms with van der Waals surface area (Å²) in [5, 5.41) is 27.5. The van der Waals surface area contributed by atoms with Crippen LogP contribution in [0.15, 0.2) is 0 Å². The zero-order valence-corrected chi connectivity index (χ0v) is 17.4. The van der Waals surface area contributed by atoms with Gasteiger partial charge in [-0.05, 0) is 37.5 Å². The first-order chi connectivity index (χ1) is 12.6. The fraction of sp³-hybridized carbons (Fsp3) is 0.905. The molecule has 0 aromatic rings. The monoisotopic (exact) mass is 382 g/mol. The number of hydrogen-bond donors (Lipinski definition) is 4. The molecule has 2 atom stereocenters. The molecule has 2 aliphatic rings. The zero-order chi connectivity index (χ0) is 20.2. The van der Waals surface area contributed by atoms with Crippen LogP contribution in [-0.2, 0) is 9.59 Å². The summed E-state index contributed by atoms with van der Waals surface area (Å²) in [7, 11) is 0. The van der Waals surface area contributed by atoms with Crippen LogP contribution in [0.1, 0.15) is 85.5 Å². The molecule has 0 aromatic heterocycles. The van der Waals surface area contributed by atoms with Gasteiger partial charge in [0, 0.05) is 0 Å². The van der Waals surface area contributed by atoms with Gasteiger partial charge in [0.15, 0.2) is 0 Å². The number of nitrogens with one attached hydrogen (secondary N) is 2. The summed E-state index contributed by atoms with van der Waals surface area (Å²) in [6.07, 6.45) is 6.31. The molecule has 2 amide bonds. The van der Waals surface area contributed by atoms with Crippen LogP contribution in [0.25, 0.3) is 0 Å². The third-order valence-corrected chi connectivity index (χ3v) is 6.38. The van der Waals surface area contributed by atoms with Gasteiger partial charge in [-0.15, -0.1) is 0 Å². The molecule has 0 aliphatic heterocycles. The largest absolute Gasteiger partial charge is 0.388 e. The molecule has 0 spiro atoms. The van der Waals surface area contributed by atoms with E-state index in [2.05, 4.69) is 10.6 Å². The van der Waals surface area contributed by atoms with E-state index in [4.69, 9.17) is 0 Å². The molecule has 6 nitrogen and oxygen atoms in total. The van der Waals surface area contributed by atoms with E-state index in [9.17, 15) is 19.8 Å². The highest BCUT2D eigenvalue weighted by atomic mass is 16.3. The number of hydrogen-bond acceptors (Lipinski definition) is 4. The Hall–Kier alpha value is -1.14.